The number of halogens is 13. The highest BCUT2D eigenvalue weighted by Gasteiger charge is 2.38. The van der Waals surface area contributed by atoms with Crippen molar-refractivity contribution in [2.75, 3.05) is 36.8 Å². The average molecular weight is 958 g/mol. The van der Waals surface area contributed by atoms with Crippen LogP contribution in [0.3, 0.4) is 0 Å². The lowest BCUT2D eigenvalue weighted by Crippen LogP contribution is -3.00. The van der Waals surface area contributed by atoms with Crippen LogP contribution in [0.15, 0.2) is 97.1 Å². The predicted octanol–water partition coefficient (Wildman–Crippen LogP) is 6.60. The van der Waals surface area contributed by atoms with E-state index in [0.29, 0.717) is 56.2 Å². The molecule has 1 heterocycles. The molecule has 1 aliphatic heterocycles. The Morgan fingerprint density at radius 3 is 1.13 bits per heavy atom. The number of nitrogens with one attached hydrogen (secondary N) is 6. The molecule has 0 spiro atoms. The zero-order valence-electron chi connectivity index (χ0n) is 32.7. The summed E-state index contributed by atoms with van der Waals surface area (Å²) in [6.07, 6.45) is -18.0. The van der Waals surface area contributed by atoms with E-state index in [4.69, 9.17) is 24.4 Å². The average Bonchev–Trinajstić information content (AvgIpc) is 3.72. The minimum absolute atomic E-state index is 0. The fourth-order valence-corrected chi connectivity index (χ4v) is 7.14. The molecule has 342 valence electrons. The number of nitrogens with zero attached hydrogens (tertiary/aromatic N) is 1. The number of hydrogen-bond acceptors (Lipinski definition) is 2. The zero-order chi connectivity index (χ0) is 45.3. The number of hydrogen-bond donors (Lipinski definition) is 6. The summed E-state index contributed by atoms with van der Waals surface area (Å²) in [6, 6.07) is 19.0. The number of alkyl halides is 12. The first-order valence-corrected chi connectivity index (χ1v) is 19.8. The first-order valence-electron chi connectivity index (χ1n) is 18.9. The Bertz CT molecular complexity index is 1970. The number of anilines is 2. The highest BCUT2D eigenvalue weighted by molar-refractivity contribution is 7.80. The summed E-state index contributed by atoms with van der Waals surface area (Å²) in [7, 11) is 0. The standard InChI is InChI=1S/C41H39F12N7S2.ClH/c42-38(43,44)27-17-28(39(45,46)47)20-31(19-27)56-36(61)58-33(15-25-9-3-1-4-10-25)23-54-35(60-13-7-8-14-60)55-24-34(16-26-11-5-2-6-12-26)59-37(62)57-32-21-29(40(48,49)50)18-30(22-32)41(51,52)53;/h1-6,9-12,17-22,33-34H,7-8,13-16,23-24H2,(H5,54,55,56,57,58,59,61,62);1H/t33-,34-;/m0./s1. The smallest absolute Gasteiger partial charge is 0.416 e. The Labute approximate surface area is 371 Å². The summed E-state index contributed by atoms with van der Waals surface area (Å²) in [5.41, 5.74) is -5.45. The number of benzene rings is 4. The van der Waals surface area contributed by atoms with Gasteiger partial charge in [-0.2, -0.15) is 52.7 Å². The third-order valence-electron chi connectivity index (χ3n) is 9.47. The van der Waals surface area contributed by atoms with Gasteiger partial charge in [0.15, 0.2) is 10.2 Å². The minimum Gasteiger partial charge on any atom is -1.00 e. The molecule has 4 aromatic carbocycles. The van der Waals surface area contributed by atoms with Crippen molar-refractivity contribution in [1.29, 1.82) is 0 Å². The van der Waals surface area contributed by atoms with Crippen LogP contribution in [0.5, 0.6) is 0 Å². The number of thiocarbonyl (C=S) groups is 2. The Morgan fingerprint density at radius 1 is 0.508 bits per heavy atom. The van der Waals surface area contributed by atoms with Crippen LogP contribution < -0.4 is 44.3 Å². The summed E-state index contributed by atoms with van der Waals surface area (Å²) in [4.78, 5) is 0. The van der Waals surface area contributed by atoms with Gasteiger partial charge in [-0.25, -0.2) is 0 Å². The molecule has 0 radical (unpaired) electrons. The van der Waals surface area contributed by atoms with Crippen molar-refractivity contribution in [3.05, 3.63) is 130 Å². The molecular formula is C41H40ClF12N7S2. The van der Waals surface area contributed by atoms with E-state index < -0.39 is 70.4 Å². The molecule has 1 saturated heterocycles. The van der Waals surface area contributed by atoms with Crippen LogP contribution >= 0.6 is 24.4 Å². The van der Waals surface area contributed by atoms with Crippen LogP contribution in [0, 0.1) is 0 Å². The van der Waals surface area contributed by atoms with Crippen molar-refractivity contribution in [3.8, 4) is 0 Å². The van der Waals surface area contributed by atoms with E-state index in [-0.39, 0.29) is 47.9 Å². The molecule has 7 nitrogen and oxygen atoms in total. The second-order valence-corrected chi connectivity index (χ2v) is 15.2. The summed E-state index contributed by atoms with van der Waals surface area (Å²) in [6.45, 7) is 1.52. The summed E-state index contributed by atoms with van der Waals surface area (Å²) in [5.74, 6) is 0.542. The van der Waals surface area contributed by atoms with E-state index in [2.05, 4.69) is 31.9 Å². The van der Waals surface area contributed by atoms with Crippen molar-refractivity contribution >= 4 is 52.0 Å². The van der Waals surface area contributed by atoms with Gasteiger partial charge in [-0.05, 0) is 97.6 Å². The van der Waals surface area contributed by atoms with Crippen molar-refractivity contribution < 1.29 is 69.7 Å². The lowest BCUT2D eigenvalue weighted by atomic mass is 10.1. The first kappa shape index (κ1) is 50.6. The van der Waals surface area contributed by atoms with E-state index in [1.54, 1.807) is 36.4 Å². The van der Waals surface area contributed by atoms with Gasteiger partial charge in [0, 0.05) is 11.4 Å². The molecule has 0 unspecified atom stereocenters. The normalized spacial score (nSPS) is 14.2. The van der Waals surface area contributed by atoms with Crippen molar-refractivity contribution in [1.82, 2.24) is 21.3 Å². The van der Waals surface area contributed by atoms with Crippen molar-refractivity contribution in [2.24, 2.45) is 0 Å². The van der Waals surface area contributed by atoms with Crippen LogP contribution in [0.4, 0.5) is 64.1 Å². The highest BCUT2D eigenvalue weighted by Crippen LogP contribution is 2.39. The van der Waals surface area contributed by atoms with Crippen LogP contribution in [-0.4, -0.2) is 59.0 Å². The molecule has 5 rings (SSSR count). The molecule has 0 aromatic heterocycles. The van der Waals surface area contributed by atoms with Crippen LogP contribution in [0.2, 0.25) is 0 Å². The van der Waals surface area contributed by atoms with Gasteiger partial charge in [0.05, 0.1) is 60.5 Å². The highest BCUT2D eigenvalue weighted by atomic mass is 35.5. The molecule has 63 heavy (non-hydrogen) atoms. The SMILES string of the molecule is FC(F)(F)c1cc(NC(=S)N[C@H](CNC(NC[C@H](Cc2ccccc2)NC(=S)Nc2cc(C(F)(F)F)cc(C(F)(F)F)c2)=[N+]2CCCC2)Cc2ccccc2)cc(C(F)(F)F)c1.[Cl-]. The zero-order valence-corrected chi connectivity index (χ0v) is 35.1. The van der Waals surface area contributed by atoms with Crippen LogP contribution in [-0.2, 0) is 37.5 Å². The van der Waals surface area contributed by atoms with Gasteiger partial charge in [0.1, 0.15) is 0 Å². The molecule has 22 heteroatoms. The lowest BCUT2D eigenvalue weighted by Gasteiger charge is -2.24. The van der Waals surface area contributed by atoms with Gasteiger partial charge < -0.3 is 33.7 Å². The lowest BCUT2D eigenvalue weighted by molar-refractivity contribution is -0.510. The largest absolute Gasteiger partial charge is 1.00 e. The maximum atomic E-state index is 13.6. The maximum absolute atomic E-state index is 13.6. The van der Waals surface area contributed by atoms with E-state index in [1.165, 1.54) is 0 Å². The molecule has 0 amide bonds. The predicted molar refractivity (Wildman–Crippen MR) is 220 cm³/mol. The topological polar surface area (TPSA) is 75.2 Å². The third-order valence-corrected chi connectivity index (χ3v) is 9.91. The Kier molecular flexibility index (Phi) is 17.3. The molecule has 0 aliphatic carbocycles. The summed E-state index contributed by atoms with van der Waals surface area (Å²) in [5, 5.41) is 17.2. The molecule has 0 saturated carbocycles. The van der Waals surface area contributed by atoms with Gasteiger partial charge in [-0.15, -0.1) is 0 Å². The van der Waals surface area contributed by atoms with Gasteiger partial charge in [0.25, 0.3) is 0 Å². The molecule has 0 bridgehead atoms. The van der Waals surface area contributed by atoms with Gasteiger partial charge in [-0.3, -0.25) is 15.2 Å². The quantitative estimate of drug-likeness (QED) is 0.0411. The monoisotopic (exact) mass is 957 g/mol. The number of rotatable bonds is 12. The van der Waals surface area contributed by atoms with Gasteiger partial charge in [-0.1, -0.05) is 60.7 Å². The summed E-state index contributed by atoms with van der Waals surface area (Å²) >= 11 is 10.8. The Balaban J connectivity index is 0.00000871. The fraction of sp³-hybridized carbons (Fsp3) is 0.341. The minimum atomic E-state index is -5.07. The van der Waals surface area contributed by atoms with E-state index in [9.17, 15) is 52.7 Å². The Morgan fingerprint density at radius 2 is 0.825 bits per heavy atom. The molecule has 4 aromatic rings. The van der Waals surface area contributed by atoms with Crippen molar-refractivity contribution in [2.45, 2.75) is 62.5 Å². The van der Waals surface area contributed by atoms with E-state index >= 15 is 0 Å². The van der Waals surface area contributed by atoms with E-state index in [1.807, 2.05) is 28.8 Å². The second-order valence-electron chi connectivity index (χ2n) is 14.4. The second kappa shape index (κ2) is 21.6. The van der Waals surface area contributed by atoms with Crippen LogP contribution in [0.1, 0.15) is 46.2 Å². The Hall–Kier alpha value is -5.02. The van der Waals surface area contributed by atoms with Gasteiger partial charge >= 0.3 is 30.7 Å². The first-order chi connectivity index (χ1) is 29.0. The van der Waals surface area contributed by atoms with Crippen molar-refractivity contribution in [3.63, 3.8) is 0 Å². The summed E-state index contributed by atoms with van der Waals surface area (Å²) < 4.78 is 165. The van der Waals surface area contributed by atoms with Gasteiger partial charge in [0.2, 0.25) is 0 Å². The fourth-order valence-electron chi connectivity index (χ4n) is 6.57. The van der Waals surface area contributed by atoms with E-state index in [0.717, 1.165) is 24.0 Å². The number of guanidine groups is 1. The molecule has 1 fully saturated rings. The molecule has 1 aliphatic rings. The molecule has 6 N–H and O–H groups in total. The molecule has 2 atom stereocenters. The maximum Gasteiger partial charge on any atom is 0.416 e. The van der Waals surface area contributed by atoms with Crippen LogP contribution in [0.25, 0.3) is 0 Å². The third kappa shape index (κ3) is 15.9. The molecular weight excluding hydrogens is 918 g/mol.